The number of esters is 3. The molecule has 0 spiro atoms. The van der Waals surface area contributed by atoms with Gasteiger partial charge in [0.25, 0.3) is 0 Å². The zero-order chi connectivity index (χ0) is 35.4. The number of amides is 4. The zero-order valence-corrected chi connectivity index (χ0v) is 28.7. The van der Waals surface area contributed by atoms with Crippen LogP contribution in [0.2, 0.25) is 0 Å². The van der Waals surface area contributed by atoms with Crippen molar-refractivity contribution < 1.29 is 53.2 Å². The van der Waals surface area contributed by atoms with Crippen LogP contribution in [0.4, 0.5) is 9.59 Å². The topological polar surface area (TPSA) is 201 Å². The lowest BCUT2D eigenvalue weighted by Crippen LogP contribution is -2.80. The quantitative estimate of drug-likeness (QED) is 0.148. The van der Waals surface area contributed by atoms with Crippen LogP contribution >= 0.6 is 0 Å². The second kappa shape index (κ2) is 13.7. The number of nitrogens with zero attached hydrogens (tertiary/aromatic N) is 2. The third-order valence-electron chi connectivity index (χ3n) is 10.3. The van der Waals surface area contributed by atoms with E-state index in [1.54, 1.807) is 27.7 Å². The molecule has 4 N–H and O–H groups in total. The molecule has 0 aromatic carbocycles. The number of methoxy groups -OCH3 is 3. The Balaban J connectivity index is 0.000000803. The van der Waals surface area contributed by atoms with Crippen molar-refractivity contribution in [2.45, 2.75) is 118 Å². The average molecular weight is 633 g/mol. The van der Waals surface area contributed by atoms with Gasteiger partial charge < -0.3 is 35.1 Å². The molecule has 2 saturated heterocycles. The molecule has 0 saturated carbocycles. The molecule has 2 heterocycles. The second-order valence-electron chi connectivity index (χ2n) is 13.7. The summed E-state index contributed by atoms with van der Waals surface area (Å²) in [5.74, 6) is -2.89. The van der Waals surface area contributed by atoms with E-state index in [1.807, 2.05) is 13.8 Å². The van der Waals surface area contributed by atoms with Crippen molar-refractivity contribution in [1.82, 2.24) is 20.4 Å². The molecule has 15 nitrogen and oxygen atoms in total. The van der Waals surface area contributed by atoms with E-state index < -0.39 is 52.9 Å². The first-order valence-corrected chi connectivity index (χ1v) is 13.9. The summed E-state index contributed by atoms with van der Waals surface area (Å²) in [5, 5.41) is 26.6. The normalized spacial score (nSPS) is 22.9. The maximum atomic E-state index is 13.1. The number of ether oxygens (including phenoxy) is 3. The van der Waals surface area contributed by atoms with Gasteiger partial charge in [0.2, 0.25) is 18.7 Å². The van der Waals surface area contributed by atoms with Crippen LogP contribution in [0.1, 0.15) is 83.1 Å². The van der Waals surface area contributed by atoms with Crippen molar-refractivity contribution in [2.75, 3.05) is 21.3 Å². The Morgan fingerprint density at radius 1 is 0.659 bits per heavy atom. The summed E-state index contributed by atoms with van der Waals surface area (Å²) in [5.41, 5.74) is -3.18. The Morgan fingerprint density at radius 3 is 1.20 bits per heavy atom. The maximum Gasteiger partial charge on any atom is 0.371 e. The second-order valence-corrected chi connectivity index (χ2v) is 13.7. The predicted octanol–water partition coefficient (Wildman–Crippen LogP) is 1.53. The molecule has 44 heavy (non-hydrogen) atoms. The third-order valence-corrected chi connectivity index (χ3v) is 10.3. The van der Waals surface area contributed by atoms with E-state index in [-0.39, 0.29) is 28.8 Å². The molecule has 2 aliphatic heterocycles. The highest BCUT2D eigenvalue weighted by Gasteiger charge is 2.64. The lowest BCUT2D eigenvalue weighted by atomic mass is 9.59. The van der Waals surface area contributed by atoms with E-state index in [0.717, 1.165) is 31.1 Å². The van der Waals surface area contributed by atoms with E-state index in [9.17, 15) is 39.0 Å². The van der Waals surface area contributed by atoms with Crippen molar-refractivity contribution in [3.63, 3.8) is 0 Å². The molecule has 2 rings (SSSR count). The zero-order valence-electron chi connectivity index (χ0n) is 28.7. The van der Waals surface area contributed by atoms with Gasteiger partial charge in [-0.15, -0.1) is 0 Å². The summed E-state index contributed by atoms with van der Waals surface area (Å²) < 4.78 is 13.0. The number of urea groups is 2. The number of aliphatic hydroxyl groups excluding tert-OH is 2. The van der Waals surface area contributed by atoms with Gasteiger partial charge in [-0.1, -0.05) is 27.7 Å². The van der Waals surface area contributed by atoms with E-state index in [0.29, 0.717) is 0 Å². The molecule has 15 heteroatoms. The van der Waals surface area contributed by atoms with Crippen LogP contribution in [-0.4, -0.2) is 112 Å². The first kappa shape index (κ1) is 40.5. The van der Waals surface area contributed by atoms with Crippen LogP contribution < -0.4 is 10.6 Å². The van der Waals surface area contributed by atoms with E-state index in [1.165, 1.54) is 0 Å². The van der Waals surface area contributed by atoms with Gasteiger partial charge in [0, 0.05) is 33.0 Å². The van der Waals surface area contributed by atoms with E-state index in [4.69, 9.17) is 0 Å². The minimum atomic E-state index is -1.89. The number of carbonyl (C=O) groups excluding carboxylic acids is 6. The first-order valence-electron chi connectivity index (χ1n) is 13.9. The number of hydrogen-bond donors (Lipinski definition) is 4. The standard InChI is InChI=1S/C16H28N2O7.C10H20N2O.C3H4O3/c1-14(2)15(3,4)17(9(19)11(21)24-7)13(23)18(16(14,5)6)10(20)12(22)25-8;1-8(2)9(3,4)11-7(13)12-10(8,5)6;1-6-3(5)2-4/h9-10,19-20H,1-8H3;1-6H3,(H2,11,12,13);2H,1H3. The molecular weight excluding hydrogens is 580 g/mol. The lowest BCUT2D eigenvalue weighted by molar-refractivity contribution is -0.206. The smallest absolute Gasteiger partial charge is 0.371 e. The van der Waals surface area contributed by atoms with Crippen LogP contribution in [0.15, 0.2) is 0 Å². The fraction of sp³-hybridized carbons (Fsp3) is 0.793. The molecule has 2 atom stereocenters. The summed E-state index contributed by atoms with van der Waals surface area (Å²) in [6.07, 6.45) is -3.68. The molecular formula is C29H52N4O11. The summed E-state index contributed by atoms with van der Waals surface area (Å²) in [6, 6.07) is -0.959. The van der Waals surface area contributed by atoms with Gasteiger partial charge in [-0.25, -0.2) is 24.0 Å². The minimum absolute atomic E-state index is 0.00785. The Kier molecular flexibility index (Phi) is 12.6. The Morgan fingerprint density at radius 2 is 0.977 bits per heavy atom. The molecule has 0 bridgehead atoms. The van der Waals surface area contributed by atoms with Crippen LogP contribution in [0, 0.1) is 10.8 Å². The van der Waals surface area contributed by atoms with Gasteiger partial charge in [-0.3, -0.25) is 14.6 Å². The van der Waals surface area contributed by atoms with Gasteiger partial charge in [-0.2, -0.15) is 0 Å². The summed E-state index contributed by atoms with van der Waals surface area (Å²) in [4.78, 5) is 68.8. The number of nitrogens with one attached hydrogen (secondary N) is 2. The number of rotatable bonds is 5. The van der Waals surface area contributed by atoms with Crippen molar-refractivity contribution in [1.29, 1.82) is 0 Å². The molecule has 0 aliphatic carbocycles. The van der Waals surface area contributed by atoms with Gasteiger partial charge in [-0.05, 0) is 55.4 Å². The Labute approximate surface area is 259 Å². The number of hydrogen-bond acceptors (Lipinski definition) is 11. The Hall–Kier alpha value is -3.46. The first-order chi connectivity index (χ1) is 19.6. The minimum Gasteiger partial charge on any atom is -0.466 e. The molecule has 2 unspecified atom stereocenters. The monoisotopic (exact) mass is 632 g/mol. The lowest BCUT2D eigenvalue weighted by Gasteiger charge is -2.65. The fourth-order valence-electron chi connectivity index (χ4n) is 4.93. The number of aldehydes is 1. The molecule has 2 aliphatic rings. The highest BCUT2D eigenvalue weighted by atomic mass is 16.5. The predicted molar refractivity (Wildman–Crippen MR) is 159 cm³/mol. The Bertz CT molecular complexity index is 1040. The molecule has 0 aromatic heterocycles. The van der Waals surface area contributed by atoms with Gasteiger partial charge >= 0.3 is 30.0 Å². The van der Waals surface area contributed by atoms with Gasteiger partial charge in [0.05, 0.1) is 21.3 Å². The van der Waals surface area contributed by atoms with E-state index >= 15 is 0 Å². The molecule has 0 radical (unpaired) electrons. The number of carbonyl (C=O) groups is 6. The highest BCUT2D eigenvalue weighted by molar-refractivity contribution is 6.20. The molecule has 4 amide bonds. The van der Waals surface area contributed by atoms with Crippen LogP contribution in [0.5, 0.6) is 0 Å². The maximum absolute atomic E-state index is 13.1. The molecule has 254 valence electrons. The van der Waals surface area contributed by atoms with Crippen molar-refractivity contribution in [2.24, 2.45) is 10.8 Å². The van der Waals surface area contributed by atoms with E-state index in [2.05, 4.69) is 66.4 Å². The number of aliphatic hydroxyl groups is 2. The van der Waals surface area contributed by atoms with Crippen molar-refractivity contribution in [3.05, 3.63) is 0 Å². The summed E-state index contributed by atoms with van der Waals surface area (Å²) in [6.45, 7) is 23.0. The highest BCUT2D eigenvalue weighted by Crippen LogP contribution is 2.52. The van der Waals surface area contributed by atoms with Gasteiger partial charge in [0.15, 0.2) is 0 Å². The van der Waals surface area contributed by atoms with Crippen LogP contribution in [0.3, 0.4) is 0 Å². The summed E-state index contributed by atoms with van der Waals surface area (Å²) >= 11 is 0. The average Bonchev–Trinajstić information content (AvgIpc) is 2.89. The van der Waals surface area contributed by atoms with Gasteiger partial charge in [0.1, 0.15) is 0 Å². The molecule has 2 fully saturated rings. The van der Waals surface area contributed by atoms with Crippen molar-refractivity contribution >= 4 is 36.3 Å². The van der Waals surface area contributed by atoms with Crippen molar-refractivity contribution in [3.8, 4) is 0 Å². The largest absolute Gasteiger partial charge is 0.466 e. The summed E-state index contributed by atoms with van der Waals surface area (Å²) in [7, 11) is 3.32. The SMILES string of the molecule is CC1(C)NC(=O)NC(C)(C)C1(C)C.COC(=O)C(O)N1C(=O)N(C(O)C(=O)OC)C(C)(C)C(C)(C)C1(C)C.COC(=O)C=O. The van der Waals surface area contributed by atoms with Crippen LogP contribution in [-0.2, 0) is 33.4 Å². The third kappa shape index (κ3) is 7.25. The fourth-order valence-corrected chi connectivity index (χ4v) is 4.93. The molecule has 0 aromatic rings. The van der Waals surface area contributed by atoms with Crippen LogP contribution in [0.25, 0.3) is 0 Å².